The van der Waals surface area contributed by atoms with Crippen LogP contribution in [0.5, 0.6) is 0 Å². The second-order valence-electron chi connectivity index (χ2n) is 10.8. The van der Waals surface area contributed by atoms with E-state index < -0.39 is 0 Å². The largest absolute Gasteiger partial charge is 0.208 e. The van der Waals surface area contributed by atoms with Crippen molar-refractivity contribution in [3.05, 3.63) is 140 Å². The molecule has 0 saturated heterocycles. The molecule has 200 valence electrons. The lowest BCUT2D eigenvalue weighted by Crippen LogP contribution is -2.01. The molecule has 9 rings (SSSR count). The quantitative estimate of drug-likeness (QED) is 0.200. The summed E-state index contributed by atoms with van der Waals surface area (Å²) in [5, 5.41) is 9.46. The number of thiophene rings is 1. The van der Waals surface area contributed by atoms with E-state index in [2.05, 4.69) is 140 Å². The highest BCUT2D eigenvalue weighted by atomic mass is 32.1. The van der Waals surface area contributed by atoms with Crippen molar-refractivity contribution in [2.45, 2.75) is 0 Å². The lowest BCUT2D eigenvalue weighted by molar-refractivity contribution is 1.08. The van der Waals surface area contributed by atoms with Crippen LogP contribution in [-0.2, 0) is 0 Å². The molecule has 2 aromatic heterocycles. The van der Waals surface area contributed by atoms with Crippen molar-refractivity contribution in [2.75, 3.05) is 0 Å². The van der Waals surface area contributed by atoms with Gasteiger partial charge in [0, 0.05) is 42.2 Å². The van der Waals surface area contributed by atoms with Gasteiger partial charge in [-0.3, -0.25) is 0 Å². The van der Waals surface area contributed by atoms with E-state index in [1.807, 2.05) is 11.3 Å². The van der Waals surface area contributed by atoms with Gasteiger partial charge in [-0.25, -0.2) is 15.0 Å². The minimum absolute atomic E-state index is 0.669. The molecule has 0 radical (unpaired) electrons. The Morgan fingerprint density at radius 3 is 1.81 bits per heavy atom. The maximum absolute atomic E-state index is 5.19. The van der Waals surface area contributed by atoms with Gasteiger partial charge in [0.2, 0.25) is 0 Å². The smallest absolute Gasteiger partial charge is 0.164 e. The molecule has 7 aromatic carbocycles. The number of nitrogens with zero attached hydrogens (tertiary/aromatic N) is 3. The SMILES string of the molecule is c1ccc2c(-c3nc(-c4ccc5sc6ccccc6c5c4)nc(-c4cccc5ccc6ccccc6c45)n3)cccc2c1. The first-order chi connectivity index (χ1) is 21.3. The van der Waals surface area contributed by atoms with Crippen molar-refractivity contribution in [2.24, 2.45) is 0 Å². The summed E-state index contributed by atoms with van der Waals surface area (Å²) in [6.07, 6.45) is 0. The van der Waals surface area contributed by atoms with Crippen LogP contribution in [0.3, 0.4) is 0 Å². The molecule has 0 aliphatic heterocycles. The van der Waals surface area contributed by atoms with Crippen molar-refractivity contribution in [1.82, 2.24) is 15.0 Å². The lowest BCUT2D eigenvalue weighted by Gasteiger charge is -2.13. The Labute approximate surface area is 251 Å². The average Bonchev–Trinajstić information content (AvgIpc) is 3.45. The van der Waals surface area contributed by atoms with E-state index in [1.165, 1.54) is 30.9 Å². The zero-order chi connectivity index (χ0) is 28.3. The van der Waals surface area contributed by atoms with Crippen LogP contribution < -0.4 is 0 Å². The summed E-state index contributed by atoms with van der Waals surface area (Å²) in [7, 11) is 0. The lowest BCUT2D eigenvalue weighted by atomic mass is 9.97. The van der Waals surface area contributed by atoms with Crippen LogP contribution in [0.25, 0.3) is 86.7 Å². The maximum atomic E-state index is 5.19. The molecule has 3 nitrogen and oxygen atoms in total. The van der Waals surface area contributed by atoms with Crippen LogP contribution in [0, 0.1) is 0 Å². The fourth-order valence-electron chi connectivity index (χ4n) is 6.28. The highest BCUT2D eigenvalue weighted by Crippen LogP contribution is 2.38. The van der Waals surface area contributed by atoms with Gasteiger partial charge in [-0.05, 0) is 51.2 Å². The number of benzene rings is 7. The van der Waals surface area contributed by atoms with Crippen molar-refractivity contribution < 1.29 is 0 Å². The third kappa shape index (κ3) is 3.92. The molecule has 0 N–H and O–H groups in total. The Balaban J connectivity index is 1.35. The normalized spacial score (nSPS) is 11.7. The molecular weight excluding hydrogens is 543 g/mol. The minimum Gasteiger partial charge on any atom is -0.208 e. The van der Waals surface area contributed by atoms with E-state index >= 15 is 0 Å². The second-order valence-corrected chi connectivity index (χ2v) is 11.9. The van der Waals surface area contributed by atoms with E-state index in [9.17, 15) is 0 Å². The summed E-state index contributed by atoms with van der Waals surface area (Å²) < 4.78 is 2.54. The fourth-order valence-corrected chi connectivity index (χ4v) is 7.36. The first-order valence-electron chi connectivity index (χ1n) is 14.4. The molecule has 2 heterocycles. The Hall–Kier alpha value is -5.45. The third-order valence-corrected chi connectivity index (χ3v) is 9.46. The first kappa shape index (κ1) is 24.2. The van der Waals surface area contributed by atoms with Gasteiger partial charge in [0.25, 0.3) is 0 Å². The van der Waals surface area contributed by atoms with Gasteiger partial charge >= 0.3 is 0 Å². The molecule has 0 unspecified atom stereocenters. The zero-order valence-electron chi connectivity index (χ0n) is 23.0. The molecule has 0 atom stereocenters. The molecule has 0 bridgehead atoms. The van der Waals surface area contributed by atoms with Gasteiger partial charge in [0.15, 0.2) is 17.5 Å². The third-order valence-electron chi connectivity index (χ3n) is 8.31. The standard InChI is InChI=1S/C39H23N3S/c1-3-13-28-24(9-1)11-7-16-31(28)38-40-37(27-21-22-35-33(23-27)30-15-5-6-18-34(30)43-35)41-39(42-38)32-17-8-12-26-20-19-25-10-2-4-14-29(25)36(26)32/h1-23H. The van der Waals surface area contributed by atoms with Gasteiger partial charge < -0.3 is 0 Å². The average molecular weight is 566 g/mol. The summed E-state index contributed by atoms with van der Waals surface area (Å²) in [6, 6.07) is 49.2. The Bertz CT molecular complexity index is 2520. The molecule has 9 aromatic rings. The van der Waals surface area contributed by atoms with Crippen molar-refractivity contribution in [3.8, 4) is 34.2 Å². The van der Waals surface area contributed by atoms with Crippen LogP contribution in [0.1, 0.15) is 0 Å². The number of hydrogen-bond donors (Lipinski definition) is 0. The van der Waals surface area contributed by atoms with Crippen LogP contribution in [0.15, 0.2) is 140 Å². The summed E-state index contributed by atoms with van der Waals surface area (Å²) in [5.74, 6) is 2.01. The van der Waals surface area contributed by atoms with Crippen LogP contribution in [0.2, 0.25) is 0 Å². The molecular formula is C39H23N3S. The van der Waals surface area contributed by atoms with Crippen LogP contribution in [0.4, 0.5) is 0 Å². The topological polar surface area (TPSA) is 38.7 Å². The number of rotatable bonds is 3. The van der Waals surface area contributed by atoms with Crippen LogP contribution >= 0.6 is 11.3 Å². The predicted molar refractivity (Wildman–Crippen MR) is 182 cm³/mol. The molecule has 4 heteroatoms. The van der Waals surface area contributed by atoms with E-state index in [0.29, 0.717) is 17.5 Å². The Morgan fingerprint density at radius 1 is 0.372 bits per heavy atom. The van der Waals surface area contributed by atoms with Crippen molar-refractivity contribution in [3.63, 3.8) is 0 Å². The zero-order valence-corrected chi connectivity index (χ0v) is 23.8. The highest BCUT2D eigenvalue weighted by Gasteiger charge is 2.17. The molecule has 0 amide bonds. The summed E-state index contributed by atoms with van der Waals surface area (Å²) >= 11 is 1.82. The number of hydrogen-bond acceptors (Lipinski definition) is 4. The van der Waals surface area contributed by atoms with E-state index in [-0.39, 0.29) is 0 Å². The Kier molecular flexibility index (Phi) is 5.37. The number of fused-ring (bicyclic) bond motifs is 7. The summed E-state index contributed by atoms with van der Waals surface area (Å²) in [4.78, 5) is 15.5. The first-order valence-corrected chi connectivity index (χ1v) is 15.2. The van der Waals surface area contributed by atoms with Crippen molar-refractivity contribution >= 4 is 63.8 Å². The van der Waals surface area contributed by atoms with Gasteiger partial charge in [-0.15, -0.1) is 11.3 Å². The highest BCUT2D eigenvalue weighted by molar-refractivity contribution is 7.25. The van der Waals surface area contributed by atoms with Gasteiger partial charge in [-0.2, -0.15) is 0 Å². The molecule has 0 aliphatic rings. The monoisotopic (exact) mass is 565 g/mol. The molecule has 43 heavy (non-hydrogen) atoms. The van der Waals surface area contributed by atoms with Crippen molar-refractivity contribution in [1.29, 1.82) is 0 Å². The summed E-state index contributed by atoms with van der Waals surface area (Å²) in [6.45, 7) is 0. The fraction of sp³-hybridized carbons (Fsp3) is 0. The Morgan fingerprint density at radius 2 is 0.953 bits per heavy atom. The van der Waals surface area contributed by atoms with E-state index in [0.717, 1.165) is 38.2 Å². The minimum atomic E-state index is 0.669. The predicted octanol–water partition coefficient (Wildman–Crippen LogP) is 10.7. The van der Waals surface area contributed by atoms with Crippen LogP contribution in [-0.4, -0.2) is 15.0 Å². The molecule has 0 aliphatic carbocycles. The molecule has 0 fully saturated rings. The molecule has 0 saturated carbocycles. The second kappa shape index (κ2) is 9.55. The summed E-state index contributed by atoms with van der Waals surface area (Å²) in [5.41, 5.74) is 2.97. The van der Waals surface area contributed by atoms with Gasteiger partial charge in [0.1, 0.15) is 0 Å². The van der Waals surface area contributed by atoms with Gasteiger partial charge in [-0.1, -0.05) is 115 Å². The number of aromatic nitrogens is 3. The van der Waals surface area contributed by atoms with E-state index in [1.54, 1.807) is 0 Å². The van der Waals surface area contributed by atoms with E-state index in [4.69, 9.17) is 15.0 Å². The van der Waals surface area contributed by atoms with Gasteiger partial charge in [0.05, 0.1) is 0 Å². The maximum Gasteiger partial charge on any atom is 0.164 e. The molecule has 0 spiro atoms.